The van der Waals surface area contributed by atoms with Crippen molar-refractivity contribution in [2.75, 3.05) is 0 Å². The normalized spacial score (nSPS) is 31.9. The van der Waals surface area contributed by atoms with Gasteiger partial charge in [-0.05, 0) is 80.9 Å². The van der Waals surface area contributed by atoms with Gasteiger partial charge < -0.3 is 0 Å². The van der Waals surface area contributed by atoms with Crippen molar-refractivity contribution in [3.63, 3.8) is 0 Å². The van der Waals surface area contributed by atoms with Gasteiger partial charge in [-0.25, -0.2) is 0 Å². The van der Waals surface area contributed by atoms with E-state index in [1.54, 1.807) is 12.1 Å². The molecule has 2 aromatic carbocycles. The molecular weight excluding hydrogens is 366 g/mol. The van der Waals surface area contributed by atoms with Crippen LogP contribution >= 0.6 is 0 Å². The molecule has 2 aromatic rings. The molecule has 146 valence electrons. The van der Waals surface area contributed by atoms with Gasteiger partial charge in [-0.2, -0.15) is 12.8 Å². The van der Waals surface area contributed by atoms with Crippen LogP contribution in [0.5, 0.6) is 0 Å². The van der Waals surface area contributed by atoms with Crippen molar-refractivity contribution in [3.05, 3.63) is 65.7 Å². The van der Waals surface area contributed by atoms with Crippen molar-refractivity contribution in [2.45, 2.75) is 50.3 Å². The number of aryl methyl sites for hydroxylation is 1. The predicted molar refractivity (Wildman–Crippen MR) is 112 cm³/mol. The number of benzene rings is 2. The standard InChI is InChI=1S/C24H27NO2S/c1-17-7-9-22(10-8-17)28(26,27)25-23(21-5-3-2-4-6-21)24-14-18-11-19(15-24)13-20(12-18)16-24/h2-10,18-20H,11-16H2,1H3/b25-23+. The second-order valence-corrected chi connectivity index (χ2v) is 10.9. The molecule has 4 heteroatoms. The Morgan fingerprint density at radius 1 is 0.857 bits per heavy atom. The van der Waals surface area contributed by atoms with E-state index in [1.165, 1.54) is 19.3 Å². The third kappa shape index (κ3) is 3.12. The zero-order valence-electron chi connectivity index (χ0n) is 16.3. The highest BCUT2D eigenvalue weighted by Crippen LogP contribution is 2.61. The average Bonchev–Trinajstić information content (AvgIpc) is 2.66. The summed E-state index contributed by atoms with van der Waals surface area (Å²) in [6.45, 7) is 1.96. The Hall–Kier alpha value is -1.94. The Labute approximate surface area is 168 Å². The lowest BCUT2D eigenvalue weighted by Gasteiger charge is -2.57. The van der Waals surface area contributed by atoms with Crippen molar-refractivity contribution in [2.24, 2.45) is 27.6 Å². The van der Waals surface area contributed by atoms with Gasteiger partial charge in [-0.1, -0.05) is 48.0 Å². The Morgan fingerprint density at radius 3 is 1.93 bits per heavy atom. The van der Waals surface area contributed by atoms with E-state index in [2.05, 4.69) is 4.40 Å². The van der Waals surface area contributed by atoms with Crippen molar-refractivity contribution in [1.82, 2.24) is 0 Å². The van der Waals surface area contributed by atoms with Crippen LogP contribution in [0.15, 0.2) is 63.9 Å². The molecule has 4 fully saturated rings. The van der Waals surface area contributed by atoms with Gasteiger partial charge in [0, 0.05) is 5.41 Å². The predicted octanol–water partition coefficient (Wildman–Crippen LogP) is 5.39. The molecular formula is C24H27NO2S. The summed E-state index contributed by atoms with van der Waals surface area (Å²) in [7, 11) is -3.73. The van der Waals surface area contributed by atoms with Crippen LogP contribution in [0.25, 0.3) is 0 Å². The van der Waals surface area contributed by atoms with E-state index < -0.39 is 10.0 Å². The van der Waals surface area contributed by atoms with E-state index in [4.69, 9.17) is 0 Å². The van der Waals surface area contributed by atoms with Crippen LogP contribution in [0.1, 0.15) is 49.7 Å². The number of hydrogen-bond donors (Lipinski definition) is 0. The fourth-order valence-electron chi connectivity index (χ4n) is 6.34. The maximum absolute atomic E-state index is 13.2. The number of rotatable bonds is 4. The zero-order chi connectivity index (χ0) is 19.4. The minimum Gasteiger partial charge on any atom is -0.199 e. The minimum absolute atomic E-state index is 0.0755. The van der Waals surface area contributed by atoms with Crippen LogP contribution in [0, 0.1) is 30.1 Å². The smallest absolute Gasteiger partial charge is 0.199 e. The van der Waals surface area contributed by atoms with Crippen molar-refractivity contribution < 1.29 is 8.42 Å². The van der Waals surface area contributed by atoms with E-state index in [0.717, 1.165) is 53.9 Å². The van der Waals surface area contributed by atoms with E-state index in [1.807, 2.05) is 49.4 Å². The quantitative estimate of drug-likeness (QED) is 0.654. The van der Waals surface area contributed by atoms with Crippen LogP contribution in [-0.2, 0) is 10.0 Å². The Balaban J connectivity index is 1.64. The summed E-state index contributed by atoms with van der Waals surface area (Å²) >= 11 is 0. The van der Waals surface area contributed by atoms with Crippen LogP contribution in [0.4, 0.5) is 0 Å². The molecule has 28 heavy (non-hydrogen) atoms. The van der Waals surface area contributed by atoms with E-state index in [0.29, 0.717) is 0 Å². The summed E-state index contributed by atoms with van der Waals surface area (Å²) in [6.07, 6.45) is 7.26. The number of hydrogen-bond acceptors (Lipinski definition) is 2. The van der Waals surface area contributed by atoms with Gasteiger partial charge in [0.25, 0.3) is 10.0 Å². The molecule has 0 heterocycles. The first-order valence-corrected chi connectivity index (χ1v) is 11.9. The molecule has 0 radical (unpaired) electrons. The summed E-state index contributed by atoms with van der Waals surface area (Å²) in [4.78, 5) is 0.288. The molecule has 3 nitrogen and oxygen atoms in total. The number of sulfonamides is 1. The molecule has 0 spiro atoms. The van der Waals surface area contributed by atoms with Crippen LogP contribution in [0.3, 0.4) is 0 Å². The number of nitrogens with zero attached hydrogens (tertiary/aromatic N) is 1. The first kappa shape index (κ1) is 18.1. The van der Waals surface area contributed by atoms with E-state index in [9.17, 15) is 8.42 Å². The molecule has 4 aliphatic rings. The Bertz CT molecular complexity index is 971. The molecule has 0 aliphatic heterocycles. The largest absolute Gasteiger partial charge is 0.282 e. The third-order valence-corrected chi connectivity index (χ3v) is 8.41. The van der Waals surface area contributed by atoms with Gasteiger partial charge >= 0.3 is 0 Å². The molecule has 0 aromatic heterocycles. The molecule has 0 unspecified atom stereocenters. The minimum atomic E-state index is -3.73. The first-order chi connectivity index (χ1) is 13.4. The van der Waals surface area contributed by atoms with Gasteiger partial charge in [0.1, 0.15) is 0 Å². The van der Waals surface area contributed by atoms with Gasteiger partial charge in [0.15, 0.2) is 0 Å². The van der Waals surface area contributed by atoms with Crippen LogP contribution < -0.4 is 0 Å². The van der Waals surface area contributed by atoms with Gasteiger partial charge in [-0.3, -0.25) is 0 Å². The topological polar surface area (TPSA) is 46.5 Å². The van der Waals surface area contributed by atoms with Gasteiger partial charge in [0.2, 0.25) is 0 Å². The maximum atomic E-state index is 13.2. The van der Waals surface area contributed by atoms with E-state index >= 15 is 0 Å². The summed E-state index contributed by atoms with van der Waals surface area (Å²) in [5.74, 6) is 2.21. The summed E-state index contributed by atoms with van der Waals surface area (Å²) < 4.78 is 31.0. The summed E-state index contributed by atoms with van der Waals surface area (Å²) in [5.41, 5.74) is 2.76. The summed E-state index contributed by atoms with van der Waals surface area (Å²) in [5, 5.41) is 0. The molecule has 6 rings (SSSR count). The molecule has 4 bridgehead atoms. The van der Waals surface area contributed by atoms with Gasteiger partial charge in [-0.15, -0.1) is 0 Å². The Morgan fingerprint density at radius 2 is 1.39 bits per heavy atom. The van der Waals surface area contributed by atoms with Crippen molar-refractivity contribution in [3.8, 4) is 0 Å². The molecule has 4 saturated carbocycles. The molecule has 0 amide bonds. The van der Waals surface area contributed by atoms with Crippen molar-refractivity contribution >= 4 is 15.7 Å². The lowest BCUT2D eigenvalue weighted by atomic mass is 9.48. The lowest BCUT2D eigenvalue weighted by Crippen LogP contribution is -2.50. The zero-order valence-corrected chi connectivity index (χ0v) is 17.2. The first-order valence-electron chi connectivity index (χ1n) is 10.4. The third-order valence-electron chi connectivity index (χ3n) is 7.12. The average molecular weight is 394 g/mol. The monoisotopic (exact) mass is 393 g/mol. The Kier molecular flexibility index (Phi) is 4.24. The van der Waals surface area contributed by atoms with E-state index in [-0.39, 0.29) is 10.3 Å². The molecule has 4 aliphatic carbocycles. The fourth-order valence-corrected chi connectivity index (χ4v) is 7.46. The molecule has 0 atom stereocenters. The molecule has 0 saturated heterocycles. The fraction of sp³-hybridized carbons (Fsp3) is 0.458. The molecule has 0 N–H and O–H groups in total. The van der Waals surface area contributed by atoms with Gasteiger partial charge in [0.05, 0.1) is 10.6 Å². The second-order valence-electron chi connectivity index (χ2n) is 9.29. The lowest BCUT2D eigenvalue weighted by molar-refractivity contribution is -0.0119. The van der Waals surface area contributed by atoms with Crippen LogP contribution in [0.2, 0.25) is 0 Å². The highest BCUT2D eigenvalue weighted by atomic mass is 32.2. The van der Waals surface area contributed by atoms with Crippen LogP contribution in [-0.4, -0.2) is 14.1 Å². The SMILES string of the molecule is Cc1ccc(S(=O)(=O)/N=C(\c2ccccc2)C23CC4CC(CC(C4)C2)C3)cc1. The maximum Gasteiger partial charge on any atom is 0.282 e. The summed E-state index contributed by atoms with van der Waals surface area (Å²) in [6, 6.07) is 17.1. The highest BCUT2D eigenvalue weighted by molar-refractivity contribution is 7.90. The second kappa shape index (κ2) is 6.55. The van der Waals surface area contributed by atoms with Crippen molar-refractivity contribution in [1.29, 1.82) is 0 Å². The highest BCUT2D eigenvalue weighted by Gasteiger charge is 2.53.